The number of hydrogen-bond donors (Lipinski definition) is 2. The van der Waals surface area contributed by atoms with Crippen LogP contribution in [-0.2, 0) is 11.3 Å². The molecule has 0 spiro atoms. The van der Waals surface area contributed by atoms with Crippen LogP contribution in [0.15, 0.2) is 12.1 Å². The van der Waals surface area contributed by atoms with Gasteiger partial charge in [-0.15, -0.1) is 0 Å². The Balaban J connectivity index is 2.60. The Kier molecular flexibility index (Phi) is 4.81. The summed E-state index contributed by atoms with van der Waals surface area (Å²) in [5, 5.41) is 3.33. The van der Waals surface area contributed by atoms with Gasteiger partial charge in [-0.05, 0) is 12.1 Å². The van der Waals surface area contributed by atoms with Crippen LogP contribution in [0, 0.1) is 5.82 Å². The summed E-state index contributed by atoms with van der Waals surface area (Å²) in [5.41, 5.74) is 6.45. The molecule has 5 heteroatoms. The van der Waals surface area contributed by atoms with Crippen LogP contribution in [0.25, 0.3) is 0 Å². The molecule has 3 N–H and O–H groups in total. The highest BCUT2D eigenvalue weighted by Crippen LogP contribution is 2.21. The molecule has 0 aliphatic carbocycles. The van der Waals surface area contributed by atoms with E-state index in [1.165, 1.54) is 12.1 Å². The van der Waals surface area contributed by atoms with Crippen molar-refractivity contribution in [2.75, 3.05) is 26.0 Å². The Morgan fingerprint density at radius 3 is 2.87 bits per heavy atom. The van der Waals surface area contributed by atoms with Crippen molar-refractivity contribution < 1.29 is 9.13 Å². The first-order chi connectivity index (χ1) is 7.15. The summed E-state index contributed by atoms with van der Waals surface area (Å²) in [7, 11) is 1.61. The average Bonchev–Trinajstić information content (AvgIpc) is 2.15. The maximum atomic E-state index is 13.4. The number of nitrogen functional groups attached to an aromatic ring is 1. The van der Waals surface area contributed by atoms with Gasteiger partial charge in [0.15, 0.2) is 0 Å². The predicted octanol–water partition coefficient (Wildman–Crippen LogP) is 1.80. The van der Waals surface area contributed by atoms with Crippen molar-refractivity contribution in [3.63, 3.8) is 0 Å². The molecule has 0 atom stereocenters. The van der Waals surface area contributed by atoms with Gasteiger partial charge in [-0.1, -0.05) is 11.6 Å². The number of anilines is 1. The predicted molar refractivity (Wildman–Crippen MR) is 59.4 cm³/mol. The van der Waals surface area contributed by atoms with E-state index in [2.05, 4.69) is 5.32 Å². The minimum Gasteiger partial charge on any atom is -0.398 e. The molecule has 3 nitrogen and oxygen atoms in total. The second-order valence-electron chi connectivity index (χ2n) is 3.12. The monoisotopic (exact) mass is 232 g/mol. The molecule has 0 fully saturated rings. The number of nitrogens with two attached hydrogens (primary N) is 1. The van der Waals surface area contributed by atoms with Crippen LogP contribution < -0.4 is 11.1 Å². The summed E-state index contributed by atoms with van der Waals surface area (Å²) in [6.07, 6.45) is 0. The van der Waals surface area contributed by atoms with Crippen LogP contribution in [0.4, 0.5) is 10.1 Å². The Morgan fingerprint density at radius 1 is 1.53 bits per heavy atom. The third-order valence-corrected chi connectivity index (χ3v) is 2.20. The lowest BCUT2D eigenvalue weighted by Gasteiger charge is -2.09. The number of rotatable bonds is 5. The molecule has 0 aliphatic heterocycles. The fourth-order valence-corrected chi connectivity index (χ4v) is 1.41. The summed E-state index contributed by atoms with van der Waals surface area (Å²) >= 11 is 5.65. The lowest BCUT2D eigenvalue weighted by Crippen LogP contribution is -2.20. The summed E-state index contributed by atoms with van der Waals surface area (Å²) in [4.78, 5) is 0. The van der Waals surface area contributed by atoms with E-state index < -0.39 is 0 Å². The number of methoxy groups -OCH3 is 1. The molecule has 0 aliphatic rings. The number of halogens is 2. The van der Waals surface area contributed by atoms with Crippen molar-refractivity contribution >= 4 is 17.3 Å². The van der Waals surface area contributed by atoms with E-state index in [9.17, 15) is 4.39 Å². The zero-order chi connectivity index (χ0) is 11.3. The standard InChI is InChI=1S/C10H14ClFN2O/c1-15-3-2-14-6-8-9(12)4-7(11)5-10(8)13/h4-5,14H,2-3,6,13H2,1H3. The molecular weight excluding hydrogens is 219 g/mol. The summed E-state index contributed by atoms with van der Waals surface area (Å²) in [5.74, 6) is -0.384. The van der Waals surface area contributed by atoms with Crippen LogP contribution in [0.3, 0.4) is 0 Å². The third-order valence-electron chi connectivity index (χ3n) is 1.98. The largest absolute Gasteiger partial charge is 0.398 e. The highest BCUT2D eigenvalue weighted by Gasteiger charge is 2.07. The number of benzene rings is 1. The van der Waals surface area contributed by atoms with E-state index in [0.29, 0.717) is 36.0 Å². The van der Waals surface area contributed by atoms with Gasteiger partial charge < -0.3 is 15.8 Å². The van der Waals surface area contributed by atoms with Crippen LogP contribution >= 0.6 is 11.6 Å². The average molecular weight is 233 g/mol. The Hall–Kier alpha value is -0.840. The van der Waals surface area contributed by atoms with Crippen LogP contribution in [-0.4, -0.2) is 20.3 Å². The van der Waals surface area contributed by atoms with Crippen molar-refractivity contribution in [2.24, 2.45) is 0 Å². The zero-order valence-electron chi connectivity index (χ0n) is 8.52. The van der Waals surface area contributed by atoms with Gasteiger partial charge in [-0.3, -0.25) is 0 Å². The zero-order valence-corrected chi connectivity index (χ0v) is 9.27. The molecule has 1 rings (SSSR count). The van der Waals surface area contributed by atoms with Gasteiger partial charge in [0.1, 0.15) is 5.82 Å². The van der Waals surface area contributed by atoms with Crippen molar-refractivity contribution in [1.82, 2.24) is 5.32 Å². The van der Waals surface area contributed by atoms with Gasteiger partial charge in [0.05, 0.1) is 6.61 Å². The Bertz CT molecular complexity index is 310. The Morgan fingerprint density at radius 2 is 2.27 bits per heavy atom. The van der Waals surface area contributed by atoms with Crippen LogP contribution in [0.1, 0.15) is 5.56 Å². The van der Waals surface area contributed by atoms with Gasteiger partial charge in [0.2, 0.25) is 0 Å². The van der Waals surface area contributed by atoms with E-state index in [1.807, 2.05) is 0 Å². The molecule has 0 amide bonds. The molecule has 1 aromatic rings. The topological polar surface area (TPSA) is 47.3 Å². The minimum absolute atomic E-state index is 0.311. The molecular formula is C10H14ClFN2O. The summed E-state index contributed by atoms with van der Waals surface area (Å²) in [6.45, 7) is 1.60. The summed E-state index contributed by atoms with van der Waals surface area (Å²) < 4.78 is 18.2. The smallest absolute Gasteiger partial charge is 0.131 e. The maximum Gasteiger partial charge on any atom is 0.131 e. The van der Waals surface area contributed by atoms with Crippen LogP contribution in [0.5, 0.6) is 0 Å². The maximum absolute atomic E-state index is 13.4. The van der Waals surface area contributed by atoms with Crippen molar-refractivity contribution in [3.05, 3.63) is 28.5 Å². The molecule has 0 unspecified atom stereocenters. The molecule has 0 radical (unpaired) electrons. The van der Waals surface area contributed by atoms with Gasteiger partial charge in [-0.2, -0.15) is 0 Å². The highest BCUT2D eigenvalue weighted by atomic mass is 35.5. The molecule has 0 bridgehead atoms. The van der Waals surface area contributed by atoms with Gasteiger partial charge >= 0.3 is 0 Å². The first-order valence-corrected chi connectivity index (χ1v) is 4.96. The molecule has 0 aromatic heterocycles. The van der Waals surface area contributed by atoms with E-state index in [0.717, 1.165) is 0 Å². The fourth-order valence-electron chi connectivity index (χ4n) is 1.20. The second-order valence-corrected chi connectivity index (χ2v) is 3.56. The Labute approximate surface area is 93.4 Å². The van der Waals surface area contributed by atoms with Gasteiger partial charge in [0, 0.05) is 36.5 Å². The van der Waals surface area contributed by atoms with Gasteiger partial charge in [-0.25, -0.2) is 4.39 Å². The van der Waals surface area contributed by atoms with E-state index >= 15 is 0 Å². The number of nitrogens with one attached hydrogen (secondary N) is 1. The first kappa shape index (κ1) is 12.2. The van der Waals surface area contributed by atoms with E-state index in [4.69, 9.17) is 22.1 Å². The minimum atomic E-state index is -0.384. The normalized spacial score (nSPS) is 10.6. The lowest BCUT2D eigenvalue weighted by atomic mass is 10.1. The quantitative estimate of drug-likeness (QED) is 0.601. The first-order valence-electron chi connectivity index (χ1n) is 4.58. The lowest BCUT2D eigenvalue weighted by molar-refractivity contribution is 0.199. The van der Waals surface area contributed by atoms with Crippen molar-refractivity contribution in [3.8, 4) is 0 Å². The van der Waals surface area contributed by atoms with E-state index in [1.54, 1.807) is 7.11 Å². The van der Waals surface area contributed by atoms with Gasteiger partial charge in [0.25, 0.3) is 0 Å². The second kappa shape index (κ2) is 5.90. The highest BCUT2D eigenvalue weighted by molar-refractivity contribution is 6.30. The number of hydrogen-bond acceptors (Lipinski definition) is 3. The third kappa shape index (κ3) is 3.66. The summed E-state index contributed by atoms with van der Waals surface area (Å²) in [6, 6.07) is 2.79. The molecule has 84 valence electrons. The van der Waals surface area contributed by atoms with Crippen molar-refractivity contribution in [1.29, 1.82) is 0 Å². The van der Waals surface area contributed by atoms with Crippen molar-refractivity contribution in [2.45, 2.75) is 6.54 Å². The molecule has 0 saturated heterocycles. The number of ether oxygens (including phenoxy) is 1. The molecule has 0 saturated carbocycles. The molecule has 1 aromatic carbocycles. The molecule has 0 heterocycles. The SMILES string of the molecule is COCCNCc1c(N)cc(Cl)cc1F. The molecule has 15 heavy (non-hydrogen) atoms. The van der Waals surface area contributed by atoms with Crippen LogP contribution in [0.2, 0.25) is 5.02 Å². The van der Waals surface area contributed by atoms with E-state index in [-0.39, 0.29) is 5.82 Å². The fraction of sp³-hybridized carbons (Fsp3) is 0.400.